The van der Waals surface area contributed by atoms with Crippen molar-refractivity contribution in [2.45, 2.75) is 53.1 Å². The number of anilines is 2. The van der Waals surface area contributed by atoms with Gasteiger partial charge in [-0.2, -0.15) is 0 Å². The van der Waals surface area contributed by atoms with Gasteiger partial charge < -0.3 is 15.4 Å². The standard InChI is InChI=1S/C32H33ClN2O3S/c1-19(38-23-12-8-11-22(33)18-23)29(36)35-31-28(25-16-15-21(32(2,3)4)17-27(25)39-31)30(37)34-26-14-7-10-20-9-5-6-13-24(20)26/h5-14,18-19,21H,15-17H2,1-4H3,(H,34,37)(H,35,36). The molecule has 2 amide bonds. The Morgan fingerprint density at radius 2 is 1.77 bits per heavy atom. The van der Waals surface area contributed by atoms with Gasteiger partial charge in [0.2, 0.25) is 0 Å². The Balaban J connectivity index is 1.45. The predicted octanol–water partition coefficient (Wildman–Crippen LogP) is 8.36. The molecule has 5 nitrogen and oxygen atoms in total. The van der Waals surface area contributed by atoms with E-state index in [9.17, 15) is 9.59 Å². The molecule has 2 atom stereocenters. The Bertz CT molecular complexity index is 1530. The number of carbonyl (C=O) groups is 2. The van der Waals surface area contributed by atoms with Gasteiger partial charge in [0.1, 0.15) is 10.8 Å². The van der Waals surface area contributed by atoms with Crippen LogP contribution in [0.4, 0.5) is 10.7 Å². The zero-order chi connectivity index (χ0) is 27.7. The second kappa shape index (κ2) is 11.0. The van der Waals surface area contributed by atoms with Gasteiger partial charge in [0.05, 0.1) is 5.56 Å². The molecule has 3 aromatic carbocycles. The Hall–Kier alpha value is -3.35. The molecule has 2 unspecified atom stereocenters. The molecule has 7 heteroatoms. The molecule has 0 radical (unpaired) electrons. The molecular weight excluding hydrogens is 528 g/mol. The maximum Gasteiger partial charge on any atom is 0.265 e. The number of rotatable bonds is 6. The van der Waals surface area contributed by atoms with Crippen molar-refractivity contribution in [3.05, 3.63) is 87.8 Å². The summed E-state index contributed by atoms with van der Waals surface area (Å²) in [7, 11) is 0. The first-order valence-electron chi connectivity index (χ1n) is 13.3. The number of amides is 2. The summed E-state index contributed by atoms with van der Waals surface area (Å²) in [5.74, 6) is 0.487. The fraction of sp³-hybridized carbons (Fsp3) is 0.312. The van der Waals surface area contributed by atoms with Crippen molar-refractivity contribution in [3.63, 3.8) is 0 Å². The van der Waals surface area contributed by atoms with E-state index in [0.717, 1.165) is 41.3 Å². The third kappa shape index (κ3) is 5.97. The minimum atomic E-state index is -0.779. The van der Waals surface area contributed by atoms with Crippen LogP contribution in [0.1, 0.15) is 54.9 Å². The fourth-order valence-corrected chi connectivity index (χ4v) is 6.69. The van der Waals surface area contributed by atoms with Crippen LogP contribution in [0.25, 0.3) is 10.8 Å². The Morgan fingerprint density at radius 1 is 1.03 bits per heavy atom. The summed E-state index contributed by atoms with van der Waals surface area (Å²) in [6.45, 7) is 8.49. The van der Waals surface area contributed by atoms with E-state index in [0.29, 0.717) is 27.3 Å². The highest BCUT2D eigenvalue weighted by Gasteiger charge is 2.34. The predicted molar refractivity (Wildman–Crippen MR) is 161 cm³/mol. The van der Waals surface area contributed by atoms with Gasteiger partial charge >= 0.3 is 0 Å². The molecule has 0 spiro atoms. The first kappa shape index (κ1) is 27.2. The first-order chi connectivity index (χ1) is 18.6. The minimum absolute atomic E-state index is 0.162. The highest BCUT2D eigenvalue weighted by atomic mass is 35.5. The van der Waals surface area contributed by atoms with E-state index in [1.54, 1.807) is 31.2 Å². The molecule has 0 saturated heterocycles. The van der Waals surface area contributed by atoms with Crippen molar-refractivity contribution in [2.24, 2.45) is 11.3 Å². The number of halogens is 1. The van der Waals surface area contributed by atoms with Crippen LogP contribution in [0.3, 0.4) is 0 Å². The van der Waals surface area contributed by atoms with E-state index in [-0.39, 0.29) is 17.2 Å². The molecule has 0 fully saturated rings. The average Bonchev–Trinajstić information content (AvgIpc) is 3.25. The topological polar surface area (TPSA) is 67.4 Å². The van der Waals surface area contributed by atoms with Crippen LogP contribution in [0.15, 0.2) is 66.7 Å². The second-order valence-corrected chi connectivity index (χ2v) is 12.7. The molecule has 1 heterocycles. The Kier molecular flexibility index (Phi) is 7.70. The maximum atomic E-state index is 13.9. The zero-order valence-electron chi connectivity index (χ0n) is 22.6. The Labute approximate surface area is 238 Å². The summed E-state index contributed by atoms with van der Waals surface area (Å²) in [6.07, 6.45) is 1.92. The summed E-state index contributed by atoms with van der Waals surface area (Å²) in [6, 6.07) is 20.8. The van der Waals surface area contributed by atoms with Crippen molar-refractivity contribution in [1.82, 2.24) is 0 Å². The molecule has 202 valence electrons. The highest BCUT2D eigenvalue weighted by molar-refractivity contribution is 7.17. The van der Waals surface area contributed by atoms with Crippen molar-refractivity contribution in [3.8, 4) is 5.75 Å². The summed E-state index contributed by atoms with van der Waals surface area (Å²) in [5, 5.41) is 9.29. The van der Waals surface area contributed by atoms with Crippen LogP contribution in [0.5, 0.6) is 5.75 Å². The molecule has 0 aliphatic heterocycles. The third-order valence-corrected chi connectivity index (χ3v) is 8.87. The number of thiophene rings is 1. The lowest BCUT2D eigenvalue weighted by atomic mass is 9.72. The number of ether oxygens (including phenoxy) is 1. The summed E-state index contributed by atoms with van der Waals surface area (Å²) in [5.41, 5.74) is 2.50. The van der Waals surface area contributed by atoms with Gasteiger partial charge in [-0.25, -0.2) is 0 Å². The van der Waals surface area contributed by atoms with Gasteiger partial charge in [-0.05, 0) is 72.7 Å². The zero-order valence-corrected chi connectivity index (χ0v) is 24.2. The van der Waals surface area contributed by atoms with E-state index in [1.807, 2.05) is 42.5 Å². The Morgan fingerprint density at radius 3 is 2.54 bits per heavy atom. The number of benzene rings is 3. The number of hydrogen-bond donors (Lipinski definition) is 2. The van der Waals surface area contributed by atoms with Crippen molar-refractivity contribution in [1.29, 1.82) is 0 Å². The molecule has 1 aliphatic rings. The van der Waals surface area contributed by atoms with Crippen LogP contribution < -0.4 is 15.4 Å². The van der Waals surface area contributed by atoms with E-state index in [2.05, 4.69) is 31.4 Å². The SMILES string of the molecule is CC(Oc1cccc(Cl)c1)C(=O)Nc1sc2c(c1C(=O)Nc1cccc3ccccc13)CCC(C(C)(C)C)C2. The quantitative estimate of drug-likeness (QED) is 0.249. The van der Waals surface area contributed by atoms with Crippen LogP contribution in [-0.2, 0) is 17.6 Å². The van der Waals surface area contributed by atoms with Crippen molar-refractivity contribution in [2.75, 3.05) is 10.6 Å². The molecule has 1 aromatic heterocycles. The lowest BCUT2D eigenvalue weighted by Crippen LogP contribution is -2.30. The average molecular weight is 561 g/mol. The molecule has 2 N–H and O–H groups in total. The number of carbonyl (C=O) groups excluding carboxylic acids is 2. The van der Waals surface area contributed by atoms with E-state index in [1.165, 1.54) is 16.2 Å². The largest absolute Gasteiger partial charge is 0.481 e. The van der Waals surface area contributed by atoms with Gasteiger partial charge in [-0.15, -0.1) is 11.3 Å². The fourth-order valence-electron chi connectivity index (χ4n) is 5.18. The van der Waals surface area contributed by atoms with E-state index in [4.69, 9.17) is 16.3 Å². The summed E-state index contributed by atoms with van der Waals surface area (Å²) in [4.78, 5) is 28.3. The lowest BCUT2D eigenvalue weighted by Gasteiger charge is -2.33. The normalized spacial score (nSPS) is 15.9. The summed E-state index contributed by atoms with van der Waals surface area (Å²) >= 11 is 7.58. The smallest absolute Gasteiger partial charge is 0.265 e. The second-order valence-electron chi connectivity index (χ2n) is 11.2. The van der Waals surface area contributed by atoms with Crippen LogP contribution in [0, 0.1) is 11.3 Å². The van der Waals surface area contributed by atoms with Gasteiger partial charge in [-0.3, -0.25) is 9.59 Å². The van der Waals surface area contributed by atoms with Gasteiger partial charge in [0, 0.05) is 21.0 Å². The first-order valence-corrected chi connectivity index (χ1v) is 14.5. The number of nitrogens with one attached hydrogen (secondary N) is 2. The molecule has 4 aromatic rings. The van der Waals surface area contributed by atoms with E-state index >= 15 is 0 Å². The monoisotopic (exact) mass is 560 g/mol. The maximum absolute atomic E-state index is 13.9. The molecular formula is C32H33ClN2O3S. The lowest BCUT2D eigenvalue weighted by molar-refractivity contribution is -0.122. The minimum Gasteiger partial charge on any atom is -0.481 e. The van der Waals surface area contributed by atoms with Gasteiger partial charge in [0.25, 0.3) is 11.8 Å². The number of fused-ring (bicyclic) bond motifs is 2. The number of hydrogen-bond acceptors (Lipinski definition) is 4. The van der Waals surface area contributed by atoms with Gasteiger partial charge in [-0.1, -0.05) is 74.8 Å². The van der Waals surface area contributed by atoms with E-state index < -0.39 is 6.10 Å². The van der Waals surface area contributed by atoms with Crippen molar-refractivity contribution >= 4 is 56.2 Å². The van der Waals surface area contributed by atoms with Crippen LogP contribution in [0.2, 0.25) is 5.02 Å². The van der Waals surface area contributed by atoms with Crippen LogP contribution >= 0.6 is 22.9 Å². The third-order valence-electron chi connectivity index (χ3n) is 7.47. The van der Waals surface area contributed by atoms with Crippen LogP contribution in [-0.4, -0.2) is 17.9 Å². The summed E-state index contributed by atoms with van der Waals surface area (Å²) < 4.78 is 5.84. The molecule has 5 rings (SSSR count). The molecule has 1 aliphatic carbocycles. The van der Waals surface area contributed by atoms with Crippen molar-refractivity contribution < 1.29 is 14.3 Å². The molecule has 39 heavy (non-hydrogen) atoms. The van der Waals surface area contributed by atoms with Gasteiger partial charge in [0.15, 0.2) is 6.10 Å². The molecule has 0 bridgehead atoms. The molecule has 0 saturated carbocycles. The highest BCUT2D eigenvalue weighted by Crippen LogP contribution is 2.44.